The Hall–Kier alpha value is -2.57. The van der Waals surface area contributed by atoms with Gasteiger partial charge in [-0.05, 0) is 31.2 Å². The molecule has 3 aromatic rings. The van der Waals surface area contributed by atoms with E-state index in [9.17, 15) is 9.59 Å². The minimum absolute atomic E-state index is 0.302. The standard InChI is InChI=1S/C19H16ClNO4S/c1-12(14-6-4-10-24-14)21-17(22)11-25-18(23)9-8-16-19(20)13-5-2-3-7-15(13)26-16/h2-10,12H,11H2,1H3,(H,21,22)/b9-8+/t12-/m0/s1. The Labute approximate surface area is 159 Å². The Morgan fingerprint density at radius 2 is 2.12 bits per heavy atom. The van der Waals surface area contributed by atoms with Crippen molar-refractivity contribution in [2.24, 2.45) is 0 Å². The molecule has 7 heteroatoms. The van der Waals surface area contributed by atoms with E-state index in [1.54, 1.807) is 25.1 Å². The van der Waals surface area contributed by atoms with Crippen molar-refractivity contribution < 1.29 is 18.7 Å². The first kappa shape index (κ1) is 18.2. The van der Waals surface area contributed by atoms with Gasteiger partial charge in [0.15, 0.2) is 6.61 Å². The van der Waals surface area contributed by atoms with Crippen LogP contribution in [0.4, 0.5) is 0 Å². The van der Waals surface area contributed by atoms with Crippen molar-refractivity contribution in [3.05, 3.63) is 64.4 Å². The van der Waals surface area contributed by atoms with Crippen LogP contribution in [0.25, 0.3) is 16.2 Å². The van der Waals surface area contributed by atoms with Crippen LogP contribution in [0.1, 0.15) is 23.6 Å². The van der Waals surface area contributed by atoms with E-state index in [2.05, 4.69) is 5.32 Å². The molecule has 2 heterocycles. The van der Waals surface area contributed by atoms with E-state index < -0.39 is 11.9 Å². The number of ether oxygens (including phenoxy) is 1. The molecule has 0 saturated heterocycles. The summed E-state index contributed by atoms with van der Waals surface area (Å²) in [6.07, 6.45) is 4.39. The van der Waals surface area contributed by atoms with Gasteiger partial charge in [0.2, 0.25) is 0 Å². The fourth-order valence-corrected chi connectivity index (χ4v) is 3.76. The fraction of sp³-hybridized carbons (Fsp3) is 0.158. The van der Waals surface area contributed by atoms with Gasteiger partial charge in [-0.1, -0.05) is 29.8 Å². The molecular formula is C19H16ClNO4S. The average Bonchev–Trinajstić information content (AvgIpc) is 3.27. The van der Waals surface area contributed by atoms with Crippen molar-refractivity contribution in [1.82, 2.24) is 5.32 Å². The summed E-state index contributed by atoms with van der Waals surface area (Å²) in [5, 5.41) is 4.23. The lowest BCUT2D eigenvalue weighted by Gasteiger charge is -2.10. The maximum atomic E-state index is 11.8. The quantitative estimate of drug-likeness (QED) is 0.495. The maximum absolute atomic E-state index is 11.8. The van der Waals surface area contributed by atoms with E-state index in [4.69, 9.17) is 20.8 Å². The molecule has 134 valence electrons. The van der Waals surface area contributed by atoms with Gasteiger partial charge in [-0.25, -0.2) is 4.79 Å². The zero-order valence-electron chi connectivity index (χ0n) is 13.9. The predicted molar refractivity (Wildman–Crippen MR) is 102 cm³/mol. The molecule has 0 unspecified atom stereocenters. The minimum atomic E-state index is -0.612. The largest absolute Gasteiger partial charge is 0.467 e. The molecule has 3 rings (SSSR count). The molecule has 1 N–H and O–H groups in total. The Balaban J connectivity index is 1.52. The zero-order valence-corrected chi connectivity index (χ0v) is 15.5. The first-order chi connectivity index (χ1) is 12.5. The highest BCUT2D eigenvalue weighted by molar-refractivity contribution is 7.20. The third kappa shape index (κ3) is 4.33. The average molecular weight is 390 g/mol. The number of carbonyl (C=O) groups excluding carboxylic acids is 2. The first-order valence-corrected chi connectivity index (χ1v) is 9.08. The van der Waals surface area contributed by atoms with Gasteiger partial charge >= 0.3 is 5.97 Å². The maximum Gasteiger partial charge on any atom is 0.331 e. The predicted octanol–water partition coefficient (Wildman–Crippen LogP) is 4.58. The summed E-state index contributed by atoms with van der Waals surface area (Å²) in [5.74, 6) is -0.390. The molecule has 0 aliphatic carbocycles. The van der Waals surface area contributed by atoms with Gasteiger partial charge in [-0.2, -0.15) is 0 Å². The molecule has 1 atom stereocenters. The third-order valence-electron chi connectivity index (χ3n) is 3.62. The summed E-state index contributed by atoms with van der Waals surface area (Å²) in [4.78, 5) is 24.4. The Morgan fingerprint density at radius 1 is 1.31 bits per heavy atom. The number of esters is 1. The summed E-state index contributed by atoms with van der Waals surface area (Å²) in [7, 11) is 0. The molecule has 0 bridgehead atoms. The van der Waals surface area contributed by atoms with Crippen molar-refractivity contribution >= 4 is 51.0 Å². The smallest absolute Gasteiger partial charge is 0.331 e. The number of amides is 1. The Morgan fingerprint density at radius 3 is 2.85 bits per heavy atom. The normalized spacial score (nSPS) is 12.4. The number of thiophene rings is 1. The van der Waals surface area contributed by atoms with Crippen LogP contribution in [0.5, 0.6) is 0 Å². The lowest BCUT2D eigenvalue weighted by molar-refractivity contribution is -0.144. The van der Waals surface area contributed by atoms with Crippen LogP contribution in [0.15, 0.2) is 53.2 Å². The van der Waals surface area contributed by atoms with Gasteiger partial charge in [0.25, 0.3) is 5.91 Å². The van der Waals surface area contributed by atoms with E-state index >= 15 is 0 Å². The van der Waals surface area contributed by atoms with Crippen molar-refractivity contribution in [3.63, 3.8) is 0 Å². The van der Waals surface area contributed by atoms with Crippen molar-refractivity contribution in [2.45, 2.75) is 13.0 Å². The Bertz CT molecular complexity index is 946. The number of rotatable bonds is 6. The lowest BCUT2D eigenvalue weighted by atomic mass is 10.2. The monoisotopic (exact) mass is 389 g/mol. The summed E-state index contributed by atoms with van der Waals surface area (Å²) in [5.41, 5.74) is 0. The summed E-state index contributed by atoms with van der Waals surface area (Å²) in [6.45, 7) is 1.41. The number of benzene rings is 1. The molecule has 0 radical (unpaired) electrons. The van der Waals surface area contributed by atoms with Crippen molar-refractivity contribution in [1.29, 1.82) is 0 Å². The number of hydrogen-bond acceptors (Lipinski definition) is 5. The van der Waals surface area contributed by atoms with Gasteiger partial charge < -0.3 is 14.5 Å². The second kappa shape index (κ2) is 8.21. The summed E-state index contributed by atoms with van der Waals surface area (Å²) in [6, 6.07) is 10.9. The van der Waals surface area contributed by atoms with Crippen LogP contribution in [0.2, 0.25) is 5.02 Å². The topological polar surface area (TPSA) is 68.5 Å². The van der Waals surface area contributed by atoms with Crippen LogP contribution in [0, 0.1) is 0 Å². The van der Waals surface area contributed by atoms with Crippen molar-refractivity contribution in [2.75, 3.05) is 6.61 Å². The van der Waals surface area contributed by atoms with E-state index in [0.29, 0.717) is 10.8 Å². The van der Waals surface area contributed by atoms with Crippen molar-refractivity contribution in [3.8, 4) is 0 Å². The van der Waals surface area contributed by atoms with Crippen LogP contribution in [-0.4, -0.2) is 18.5 Å². The molecule has 1 aromatic carbocycles. The highest BCUT2D eigenvalue weighted by Crippen LogP contribution is 2.35. The molecule has 0 fully saturated rings. The Kier molecular flexibility index (Phi) is 5.75. The van der Waals surface area contributed by atoms with E-state index in [-0.39, 0.29) is 12.6 Å². The summed E-state index contributed by atoms with van der Waals surface area (Å²) < 4.78 is 11.2. The first-order valence-electron chi connectivity index (χ1n) is 7.89. The van der Waals surface area contributed by atoms with E-state index in [0.717, 1.165) is 15.0 Å². The highest BCUT2D eigenvalue weighted by Gasteiger charge is 2.13. The minimum Gasteiger partial charge on any atom is -0.467 e. The number of carbonyl (C=O) groups is 2. The number of fused-ring (bicyclic) bond motifs is 1. The van der Waals surface area contributed by atoms with Crippen LogP contribution in [0.3, 0.4) is 0 Å². The second-order valence-electron chi connectivity index (χ2n) is 5.52. The number of furan rings is 1. The SMILES string of the molecule is C[C@H](NC(=O)COC(=O)/C=C/c1sc2ccccc2c1Cl)c1ccco1. The van der Waals surface area contributed by atoms with Crippen LogP contribution < -0.4 is 5.32 Å². The molecule has 2 aromatic heterocycles. The lowest BCUT2D eigenvalue weighted by Crippen LogP contribution is -2.30. The van der Waals surface area contributed by atoms with E-state index in [1.165, 1.54) is 23.7 Å². The third-order valence-corrected chi connectivity index (χ3v) is 5.28. The summed E-state index contributed by atoms with van der Waals surface area (Å²) >= 11 is 7.79. The molecule has 0 aliphatic heterocycles. The zero-order chi connectivity index (χ0) is 18.5. The molecule has 0 aliphatic rings. The number of halogens is 1. The van der Waals surface area contributed by atoms with E-state index in [1.807, 2.05) is 24.3 Å². The molecule has 26 heavy (non-hydrogen) atoms. The van der Waals surface area contributed by atoms with Gasteiger partial charge in [0.1, 0.15) is 5.76 Å². The van der Waals surface area contributed by atoms with Gasteiger partial charge in [-0.15, -0.1) is 11.3 Å². The number of nitrogens with one attached hydrogen (secondary N) is 1. The molecule has 0 saturated carbocycles. The van der Waals surface area contributed by atoms with Crippen LogP contribution >= 0.6 is 22.9 Å². The molecule has 0 spiro atoms. The van der Waals surface area contributed by atoms with Gasteiger partial charge in [0, 0.05) is 21.0 Å². The second-order valence-corrected chi connectivity index (χ2v) is 6.98. The number of hydrogen-bond donors (Lipinski definition) is 1. The molecular weight excluding hydrogens is 374 g/mol. The highest BCUT2D eigenvalue weighted by atomic mass is 35.5. The van der Waals surface area contributed by atoms with Gasteiger partial charge in [-0.3, -0.25) is 4.79 Å². The van der Waals surface area contributed by atoms with Gasteiger partial charge in [0.05, 0.1) is 17.3 Å². The fourth-order valence-electron chi connectivity index (χ4n) is 2.36. The van der Waals surface area contributed by atoms with Crippen LogP contribution in [-0.2, 0) is 14.3 Å². The molecule has 5 nitrogen and oxygen atoms in total. The molecule has 1 amide bonds.